The highest BCUT2D eigenvalue weighted by atomic mass is 16.4. The van der Waals surface area contributed by atoms with Crippen LogP contribution >= 0.6 is 0 Å². The molecule has 3 aliphatic carbocycles. The number of rotatable bonds is 3. The fourth-order valence-corrected chi connectivity index (χ4v) is 2.80. The molecule has 15 heavy (non-hydrogen) atoms. The summed E-state index contributed by atoms with van der Waals surface area (Å²) in [7, 11) is 0. The normalized spacial score (nSPS) is 37.7. The molecule has 3 aliphatic rings. The molecule has 4 heteroatoms. The maximum absolute atomic E-state index is 5.59. The minimum atomic E-state index is 0.560. The van der Waals surface area contributed by atoms with Crippen LogP contribution in [0.2, 0.25) is 0 Å². The zero-order valence-electron chi connectivity index (χ0n) is 8.65. The van der Waals surface area contributed by atoms with Gasteiger partial charge in [0, 0.05) is 12.0 Å². The van der Waals surface area contributed by atoms with Crippen LogP contribution in [-0.4, -0.2) is 16.2 Å². The molecular formula is C11H15N3O. The number of anilines is 1. The van der Waals surface area contributed by atoms with Crippen LogP contribution in [0.5, 0.6) is 0 Å². The molecule has 4 rings (SSSR count). The van der Waals surface area contributed by atoms with Gasteiger partial charge in [0.2, 0.25) is 5.89 Å². The van der Waals surface area contributed by atoms with Crippen molar-refractivity contribution in [2.75, 3.05) is 5.32 Å². The molecule has 4 nitrogen and oxygen atoms in total. The number of aromatic nitrogens is 2. The third kappa shape index (κ3) is 1.43. The van der Waals surface area contributed by atoms with Gasteiger partial charge in [-0.2, -0.15) is 0 Å². The zero-order chi connectivity index (χ0) is 9.83. The van der Waals surface area contributed by atoms with Crippen LogP contribution in [0, 0.1) is 11.8 Å². The molecule has 1 aromatic heterocycles. The van der Waals surface area contributed by atoms with Crippen LogP contribution in [0.15, 0.2) is 4.42 Å². The van der Waals surface area contributed by atoms with Crippen molar-refractivity contribution in [2.24, 2.45) is 11.8 Å². The Balaban J connectivity index is 1.43. The van der Waals surface area contributed by atoms with Crippen LogP contribution in [-0.2, 0) is 0 Å². The Morgan fingerprint density at radius 2 is 1.87 bits per heavy atom. The minimum Gasteiger partial charge on any atom is -0.408 e. The second-order valence-electron chi connectivity index (χ2n) is 5.29. The Labute approximate surface area is 88.5 Å². The molecule has 0 spiro atoms. The lowest BCUT2D eigenvalue weighted by molar-refractivity contribution is 0.496. The largest absolute Gasteiger partial charge is 0.408 e. The fraction of sp³-hybridized carbons (Fsp3) is 0.818. The van der Waals surface area contributed by atoms with E-state index in [0.29, 0.717) is 18.0 Å². The Morgan fingerprint density at radius 1 is 1.07 bits per heavy atom. The maximum atomic E-state index is 5.59. The number of hydrogen-bond acceptors (Lipinski definition) is 4. The van der Waals surface area contributed by atoms with Gasteiger partial charge in [-0.15, -0.1) is 5.10 Å². The molecule has 80 valence electrons. The Hall–Kier alpha value is -1.06. The summed E-state index contributed by atoms with van der Waals surface area (Å²) in [5.41, 5.74) is 0. The van der Waals surface area contributed by atoms with Crippen LogP contribution in [0.3, 0.4) is 0 Å². The number of fused-ring (bicyclic) bond motifs is 1. The third-order valence-corrected chi connectivity index (χ3v) is 3.94. The van der Waals surface area contributed by atoms with Gasteiger partial charge in [0.1, 0.15) is 0 Å². The van der Waals surface area contributed by atoms with Crippen molar-refractivity contribution in [3.05, 3.63) is 5.89 Å². The summed E-state index contributed by atoms with van der Waals surface area (Å²) in [5, 5.41) is 11.5. The topological polar surface area (TPSA) is 51.0 Å². The Kier molecular flexibility index (Phi) is 1.49. The molecule has 2 unspecified atom stereocenters. The summed E-state index contributed by atoms with van der Waals surface area (Å²) in [6, 6.07) is 1.23. The first kappa shape index (κ1) is 8.13. The first-order valence-corrected chi connectivity index (χ1v) is 5.98. The first-order valence-electron chi connectivity index (χ1n) is 5.98. The summed E-state index contributed by atoms with van der Waals surface area (Å²) in [5.74, 6) is 3.38. The van der Waals surface area contributed by atoms with Gasteiger partial charge < -0.3 is 9.73 Å². The van der Waals surface area contributed by atoms with Gasteiger partial charge in [0.25, 0.3) is 0 Å². The van der Waals surface area contributed by atoms with E-state index >= 15 is 0 Å². The Bertz CT molecular complexity index is 375. The van der Waals surface area contributed by atoms with Gasteiger partial charge in [-0.1, -0.05) is 5.10 Å². The molecule has 3 fully saturated rings. The second-order valence-corrected chi connectivity index (χ2v) is 5.29. The monoisotopic (exact) mass is 205 g/mol. The number of hydrogen-bond donors (Lipinski definition) is 1. The lowest BCUT2D eigenvalue weighted by atomic mass is 10.2. The van der Waals surface area contributed by atoms with Gasteiger partial charge in [-0.3, -0.25) is 0 Å². The summed E-state index contributed by atoms with van der Waals surface area (Å²) in [4.78, 5) is 0. The van der Waals surface area contributed by atoms with E-state index in [9.17, 15) is 0 Å². The van der Waals surface area contributed by atoms with Crippen molar-refractivity contribution < 1.29 is 4.42 Å². The van der Waals surface area contributed by atoms with E-state index in [1.807, 2.05) is 0 Å². The average molecular weight is 205 g/mol. The smallest absolute Gasteiger partial charge is 0.315 e. The molecule has 0 saturated heterocycles. The highest BCUT2D eigenvalue weighted by molar-refractivity contribution is 5.23. The maximum Gasteiger partial charge on any atom is 0.315 e. The molecule has 2 atom stereocenters. The van der Waals surface area contributed by atoms with Crippen LogP contribution < -0.4 is 5.32 Å². The minimum absolute atomic E-state index is 0.560. The quantitative estimate of drug-likeness (QED) is 0.821. The van der Waals surface area contributed by atoms with Crippen molar-refractivity contribution >= 4 is 6.01 Å². The molecule has 1 heterocycles. The van der Waals surface area contributed by atoms with E-state index in [-0.39, 0.29) is 0 Å². The van der Waals surface area contributed by atoms with Crippen molar-refractivity contribution in [3.8, 4) is 0 Å². The van der Waals surface area contributed by atoms with Gasteiger partial charge in [-0.05, 0) is 43.9 Å². The average Bonchev–Trinajstić information content (AvgIpc) is 3.13. The van der Waals surface area contributed by atoms with E-state index < -0.39 is 0 Å². The molecule has 0 radical (unpaired) electrons. The molecular weight excluding hydrogens is 190 g/mol. The zero-order valence-corrected chi connectivity index (χ0v) is 8.65. The predicted octanol–water partition coefficient (Wildman–Crippen LogP) is 2.16. The molecule has 3 saturated carbocycles. The van der Waals surface area contributed by atoms with Crippen LogP contribution in [0.4, 0.5) is 6.01 Å². The summed E-state index contributed by atoms with van der Waals surface area (Å²) >= 11 is 0. The van der Waals surface area contributed by atoms with Gasteiger partial charge in [-0.25, -0.2) is 0 Å². The highest BCUT2D eigenvalue weighted by Gasteiger charge is 2.46. The summed E-state index contributed by atoms with van der Waals surface area (Å²) in [6.07, 6.45) is 6.48. The standard InChI is InChI=1S/C11H15N3O/c1-2-6(1)10-13-14-11(15-10)12-9-4-7-3-8(7)5-9/h6-9H,1-5H2,(H,12,14). The van der Waals surface area contributed by atoms with E-state index in [1.165, 1.54) is 32.1 Å². The van der Waals surface area contributed by atoms with Crippen LogP contribution in [0.1, 0.15) is 43.9 Å². The molecule has 0 aromatic carbocycles. The third-order valence-electron chi connectivity index (χ3n) is 3.94. The fourth-order valence-electron chi connectivity index (χ4n) is 2.80. The van der Waals surface area contributed by atoms with Gasteiger partial charge in [0.05, 0.1) is 0 Å². The number of nitrogens with zero attached hydrogens (tertiary/aromatic N) is 2. The van der Waals surface area contributed by atoms with E-state index in [4.69, 9.17) is 4.42 Å². The van der Waals surface area contributed by atoms with E-state index in [2.05, 4.69) is 15.5 Å². The number of nitrogens with one attached hydrogen (secondary N) is 1. The molecule has 1 aromatic rings. The molecule has 1 N–H and O–H groups in total. The molecule has 0 bridgehead atoms. The summed E-state index contributed by atoms with van der Waals surface area (Å²) in [6.45, 7) is 0. The summed E-state index contributed by atoms with van der Waals surface area (Å²) < 4.78 is 5.59. The van der Waals surface area contributed by atoms with E-state index in [1.54, 1.807) is 0 Å². The van der Waals surface area contributed by atoms with Crippen LogP contribution in [0.25, 0.3) is 0 Å². The van der Waals surface area contributed by atoms with E-state index in [0.717, 1.165) is 17.7 Å². The van der Waals surface area contributed by atoms with Crippen molar-refractivity contribution in [3.63, 3.8) is 0 Å². The first-order chi connectivity index (χ1) is 7.38. The lowest BCUT2D eigenvalue weighted by Gasteiger charge is -2.10. The van der Waals surface area contributed by atoms with Gasteiger partial charge >= 0.3 is 6.01 Å². The highest BCUT2D eigenvalue weighted by Crippen LogP contribution is 2.52. The van der Waals surface area contributed by atoms with Gasteiger partial charge in [0.15, 0.2) is 0 Å². The second kappa shape index (κ2) is 2.74. The molecule has 0 aliphatic heterocycles. The van der Waals surface area contributed by atoms with Crippen molar-refractivity contribution in [1.29, 1.82) is 0 Å². The van der Waals surface area contributed by atoms with Crippen molar-refractivity contribution in [2.45, 2.75) is 44.1 Å². The molecule has 0 amide bonds. The predicted molar refractivity (Wildman–Crippen MR) is 54.5 cm³/mol. The Morgan fingerprint density at radius 3 is 2.60 bits per heavy atom. The SMILES string of the molecule is C1CC1c1nnc(NC2CC3CC3C2)o1. The lowest BCUT2D eigenvalue weighted by Crippen LogP contribution is -2.17. The van der Waals surface area contributed by atoms with Crippen molar-refractivity contribution in [1.82, 2.24) is 10.2 Å².